The second-order valence-corrected chi connectivity index (χ2v) is 11.7. The molecule has 0 fully saturated rings. The van der Waals surface area contributed by atoms with Crippen molar-refractivity contribution in [2.75, 3.05) is 6.54 Å². The average molecular weight is 712 g/mol. The van der Waals surface area contributed by atoms with E-state index < -0.39 is 0 Å². The van der Waals surface area contributed by atoms with Gasteiger partial charge < -0.3 is 19.9 Å². The molecule has 1 aromatic carbocycles. The van der Waals surface area contributed by atoms with Crippen LogP contribution in [0.2, 0.25) is 0 Å². The minimum atomic E-state index is -0.152. The van der Waals surface area contributed by atoms with E-state index in [1.807, 2.05) is 66.8 Å². The number of rotatable bonds is 11. The molecular weight excluding hydrogens is 666 g/mol. The number of fused-ring (bicyclic) bond motifs is 9. The number of hydrogen-bond acceptors (Lipinski definition) is 7. The number of imidazole rings is 1. The van der Waals surface area contributed by atoms with Crippen molar-refractivity contribution >= 4 is 57.4 Å². The van der Waals surface area contributed by atoms with Crippen LogP contribution in [-0.4, -0.2) is 36.4 Å². The molecule has 0 saturated carbocycles. The Bertz CT molecular complexity index is 1880. The minimum absolute atomic E-state index is 0. The standard InChI is InChI=1S/C20H14N4.C10H26N4.C7H6N2O.Zn/c1-2-14-10-16-5-6-18(23-16)12-20-8-7-19(24-20)11-17-4-3-15(22-17)9-13(1)21-14;1-2-3-4-5-6-7-8-9-10-12-14-13-11;10-7-8-5-3-1-2-4-6(5)9-7;/h1-12,21-22H;12-14H,2-11H2,1H3;1-4H,(H2,8,9,10);. The summed E-state index contributed by atoms with van der Waals surface area (Å²) in [5.41, 5.74) is 17.4. The summed E-state index contributed by atoms with van der Waals surface area (Å²) < 4.78 is 0. The zero-order valence-corrected chi connectivity index (χ0v) is 31.2. The summed E-state index contributed by atoms with van der Waals surface area (Å²) in [7, 11) is 0. The Kier molecular flexibility index (Phi) is 15.4. The first-order valence-electron chi connectivity index (χ1n) is 16.7. The van der Waals surface area contributed by atoms with Gasteiger partial charge in [-0.2, -0.15) is 11.1 Å². The maximum absolute atomic E-state index is 10.7. The first-order valence-corrected chi connectivity index (χ1v) is 16.7. The second kappa shape index (κ2) is 20.2. The maximum atomic E-state index is 10.7. The summed E-state index contributed by atoms with van der Waals surface area (Å²) in [4.78, 5) is 32.0. The molecule has 12 heteroatoms. The number of aromatic nitrogens is 6. The molecule has 6 heterocycles. The van der Waals surface area contributed by atoms with E-state index in [1.54, 1.807) is 0 Å². The SMILES string of the molecule is C1=Cc2cc3ccc(cc4ccc(cc5nc(cc1n2)C=C5)[nH]4)[nH]3.CCCCCCCCCCNNNN.O=c1[nH]c2ccccc2[nH]1.[Zn]. The molecule has 0 saturated heterocycles. The zero-order chi connectivity index (χ0) is 33.4. The Balaban J connectivity index is 0.000000184. The first-order chi connectivity index (χ1) is 23.6. The van der Waals surface area contributed by atoms with Crippen LogP contribution in [0, 0.1) is 0 Å². The molecule has 4 aromatic heterocycles. The number of aromatic amines is 4. The maximum Gasteiger partial charge on any atom is 0.323 e. The number of nitrogens with two attached hydrogens (primary N) is 1. The van der Waals surface area contributed by atoms with Gasteiger partial charge in [0.15, 0.2) is 0 Å². The molecule has 2 aliphatic heterocycles. The van der Waals surface area contributed by atoms with Crippen LogP contribution in [0.3, 0.4) is 0 Å². The minimum Gasteiger partial charge on any atom is -0.355 e. The van der Waals surface area contributed by atoms with Gasteiger partial charge in [-0.1, -0.05) is 64.0 Å². The van der Waals surface area contributed by atoms with E-state index in [0.29, 0.717) is 0 Å². The Morgan fingerprint density at radius 1 is 0.592 bits per heavy atom. The quantitative estimate of drug-likeness (QED) is 0.0306. The number of hydrazine groups is 3. The molecule has 0 radical (unpaired) electrons. The molecule has 8 bridgehead atoms. The molecule has 0 spiro atoms. The second-order valence-electron chi connectivity index (χ2n) is 11.7. The zero-order valence-electron chi connectivity index (χ0n) is 28.2. The fourth-order valence-corrected chi connectivity index (χ4v) is 5.38. The van der Waals surface area contributed by atoms with Gasteiger partial charge in [0.25, 0.3) is 0 Å². The molecule has 9 N–H and O–H groups in total. The molecule has 7 rings (SSSR count). The van der Waals surface area contributed by atoms with Gasteiger partial charge in [-0.15, -0.1) is 0 Å². The number of H-pyrrole nitrogens is 4. The van der Waals surface area contributed by atoms with Crippen LogP contribution >= 0.6 is 0 Å². The topological polar surface area (TPSA) is 168 Å². The summed E-state index contributed by atoms with van der Waals surface area (Å²) in [5, 5.41) is 0. The van der Waals surface area contributed by atoms with Crippen LogP contribution in [0.25, 0.3) is 57.4 Å². The van der Waals surface area contributed by atoms with E-state index in [2.05, 4.69) is 83.7 Å². The molecule has 0 atom stereocenters. The third-order valence-corrected chi connectivity index (χ3v) is 7.78. The number of nitrogens with one attached hydrogen (secondary N) is 7. The van der Waals surface area contributed by atoms with Crippen molar-refractivity contribution in [2.45, 2.75) is 58.3 Å². The number of unbranched alkanes of at least 4 members (excludes halogenated alkanes) is 7. The monoisotopic (exact) mass is 710 g/mol. The van der Waals surface area contributed by atoms with Crippen LogP contribution in [0.5, 0.6) is 0 Å². The summed E-state index contributed by atoms with van der Waals surface area (Å²) in [6.45, 7) is 3.23. The first kappa shape index (κ1) is 37.4. The Hall–Kier alpha value is -4.45. The van der Waals surface area contributed by atoms with Gasteiger partial charge in [-0.3, -0.25) is 5.84 Å². The fourth-order valence-electron chi connectivity index (χ4n) is 5.38. The van der Waals surface area contributed by atoms with Gasteiger partial charge in [0.2, 0.25) is 0 Å². The molecule has 5 aromatic rings. The number of nitrogens with zero attached hydrogens (tertiary/aromatic N) is 2. The van der Waals surface area contributed by atoms with Crippen LogP contribution < -0.4 is 28.0 Å². The molecule has 0 unspecified atom stereocenters. The van der Waals surface area contributed by atoms with Crippen LogP contribution in [0.4, 0.5) is 0 Å². The van der Waals surface area contributed by atoms with Crippen molar-refractivity contribution in [3.05, 3.63) is 106 Å². The third-order valence-electron chi connectivity index (χ3n) is 7.78. The van der Waals surface area contributed by atoms with Gasteiger partial charge in [-0.05, 0) is 91.4 Å². The molecule has 11 nitrogen and oxygen atoms in total. The largest absolute Gasteiger partial charge is 0.355 e. The Labute approximate surface area is 299 Å². The third kappa shape index (κ3) is 12.5. The predicted octanol–water partition coefficient (Wildman–Crippen LogP) is 7.11. The van der Waals surface area contributed by atoms with Crippen molar-refractivity contribution in [3.63, 3.8) is 0 Å². The molecule has 49 heavy (non-hydrogen) atoms. The Morgan fingerprint density at radius 3 is 1.53 bits per heavy atom. The molecule has 0 amide bonds. The van der Waals surface area contributed by atoms with Crippen LogP contribution in [-0.2, 0) is 19.5 Å². The normalized spacial score (nSPS) is 11.4. The fraction of sp³-hybridized carbons (Fsp3) is 0.270. The van der Waals surface area contributed by atoms with Gasteiger partial charge >= 0.3 is 5.69 Å². The van der Waals surface area contributed by atoms with E-state index in [-0.39, 0.29) is 25.2 Å². The summed E-state index contributed by atoms with van der Waals surface area (Å²) in [5.74, 6) is 5.01. The van der Waals surface area contributed by atoms with E-state index in [1.165, 1.54) is 51.4 Å². The summed E-state index contributed by atoms with van der Waals surface area (Å²) in [6, 6.07) is 23.9. The average Bonchev–Trinajstić information content (AvgIpc) is 3.93. The van der Waals surface area contributed by atoms with E-state index >= 15 is 0 Å². The van der Waals surface area contributed by atoms with Crippen LogP contribution in [0.1, 0.15) is 81.1 Å². The molecule has 2 aliphatic rings. The van der Waals surface area contributed by atoms with E-state index in [9.17, 15) is 4.79 Å². The van der Waals surface area contributed by atoms with Crippen LogP contribution in [0.15, 0.2) is 77.6 Å². The van der Waals surface area contributed by atoms with Gasteiger partial charge in [0.05, 0.1) is 33.8 Å². The number of hydrogen-bond donors (Lipinski definition) is 8. The van der Waals surface area contributed by atoms with Crippen molar-refractivity contribution in [2.24, 2.45) is 5.84 Å². The van der Waals surface area contributed by atoms with Crippen molar-refractivity contribution < 1.29 is 19.5 Å². The summed E-state index contributed by atoms with van der Waals surface area (Å²) in [6.07, 6.45) is 18.9. The molecule has 252 valence electrons. The van der Waals surface area contributed by atoms with Gasteiger partial charge in [-0.25, -0.2) is 20.2 Å². The van der Waals surface area contributed by atoms with Crippen molar-refractivity contribution in [1.82, 2.24) is 46.4 Å². The molecule has 0 aliphatic carbocycles. The molecular formula is C37H46N10OZn. The van der Waals surface area contributed by atoms with Crippen molar-refractivity contribution in [1.29, 1.82) is 0 Å². The predicted molar refractivity (Wildman–Crippen MR) is 199 cm³/mol. The van der Waals surface area contributed by atoms with Gasteiger partial charge in [0, 0.05) is 48.1 Å². The number of para-hydroxylation sites is 2. The number of benzene rings is 1. The van der Waals surface area contributed by atoms with Crippen molar-refractivity contribution in [3.8, 4) is 0 Å². The smallest absolute Gasteiger partial charge is 0.323 e. The van der Waals surface area contributed by atoms with Gasteiger partial charge in [0.1, 0.15) is 0 Å². The Morgan fingerprint density at radius 2 is 1.04 bits per heavy atom. The van der Waals surface area contributed by atoms with E-state index in [0.717, 1.165) is 62.4 Å². The summed E-state index contributed by atoms with van der Waals surface area (Å²) >= 11 is 0. The van der Waals surface area contributed by atoms with E-state index in [4.69, 9.17) is 5.84 Å².